The molecule has 5 N–H and O–H groups in total. The van der Waals surface area contributed by atoms with Gasteiger partial charge in [-0.1, -0.05) is 6.92 Å². The first-order chi connectivity index (χ1) is 16.1. The Kier molecular flexibility index (Phi) is 19.8. The Balaban J connectivity index is 0. The van der Waals surface area contributed by atoms with Gasteiger partial charge in [0.2, 0.25) is 10.4 Å². The molecule has 2 aliphatic rings. The molecule has 0 aromatic carbocycles. The van der Waals surface area contributed by atoms with Gasteiger partial charge in [-0.3, -0.25) is 4.18 Å². The van der Waals surface area contributed by atoms with E-state index in [0.717, 1.165) is 0 Å². The van der Waals surface area contributed by atoms with Gasteiger partial charge in [-0.15, -0.1) is 0 Å². The number of carboxylic acid groups (broad SMARTS) is 1. The molecule has 2 heterocycles. The van der Waals surface area contributed by atoms with E-state index in [9.17, 15) is 56.3 Å². The largest absolute Gasteiger partial charge is 1.00 e. The zero-order valence-electron chi connectivity index (χ0n) is 20.8. The molecule has 0 unspecified atom stereocenters. The molecule has 2 rings (SSSR count). The second kappa shape index (κ2) is 17.9. The first-order valence-electron chi connectivity index (χ1n) is 9.90. The molecule has 2 saturated heterocycles. The number of aliphatic hydroxyl groups excluding tert-OH is 4. The number of hydrogen-bond donors (Lipinski definition) is 5. The number of carbonyl (C=O) groups excluding carboxylic acids is 1. The molecule has 10 atom stereocenters. The van der Waals surface area contributed by atoms with Crippen LogP contribution in [0.15, 0.2) is 0 Å². The normalized spacial score (nSPS) is 35.8. The Morgan fingerprint density at radius 3 is 1.97 bits per heavy atom. The van der Waals surface area contributed by atoms with Crippen molar-refractivity contribution in [3.05, 3.63) is 0 Å². The number of nitrogens with one attached hydrogen (secondary N) is 1. The average molecular weight is 623 g/mol. The van der Waals surface area contributed by atoms with Gasteiger partial charge in [-0.25, -0.2) is 21.6 Å². The maximum atomic E-state index is 11.3. The van der Waals surface area contributed by atoms with E-state index in [1.165, 1.54) is 4.72 Å². The number of aliphatic hydroxyl groups is 4. The fourth-order valence-corrected chi connectivity index (χ4v) is 4.50. The van der Waals surface area contributed by atoms with Crippen molar-refractivity contribution in [2.75, 3.05) is 13.2 Å². The van der Waals surface area contributed by atoms with Crippen molar-refractivity contribution >= 4 is 26.7 Å². The molecular formula is C15H24NNa3O17S2. The van der Waals surface area contributed by atoms with E-state index in [-0.39, 0.29) is 95.3 Å². The molecule has 0 radical (unpaired) electrons. The van der Waals surface area contributed by atoms with Gasteiger partial charge in [-0.2, -0.15) is 0 Å². The molecule has 2 aliphatic heterocycles. The number of aliphatic carboxylic acids is 1. The van der Waals surface area contributed by atoms with Gasteiger partial charge < -0.3 is 58.4 Å². The van der Waals surface area contributed by atoms with Crippen LogP contribution in [0.25, 0.3) is 0 Å². The van der Waals surface area contributed by atoms with E-state index in [1.807, 2.05) is 0 Å². The van der Waals surface area contributed by atoms with Gasteiger partial charge in [0.1, 0.15) is 42.7 Å². The number of hydrogen-bond acceptors (Lipinski definition) is 17. The molecule has 0 aliphatic carbocycles. The van der Waals surface area contributed by atoms with Crippen LogP contribution in [-0.2, 0) is 48.6 Å². The van der Waals surface area contributed by atoms with Crippen LogP contribution in [0.4, 0.5) is 0 Å². The third-order valence-corrected chi connectivity index (χ3v) is 5.94. The van der Waals surface area contributed by atoms with E-state index in [4.69, 9.17) is 18.9 Å². The van der Waals surface area contributed by atoms with Gasteiger partial charge in [0, 0.05) is 6.61 Å². The number of carbonyl (C=O) groups is 1. The van der Waals surface area contributed by atoms with E-state index < -0.39 is 94.6 Å². The maximum absolute atomic E-state index is 11.3. The summed E-state index contributed by atoms with van der Waals surface area (Å²) in [6, 6.07) is -1.87. The van der Waals surface area contributed by atoms with Crippen molar-refractivity contribution in [2.45, 2.75) is 74.7 Å². The Morgan fingerprint density at radius 1 is 0.947 bits per heavy atom. The molecule has 18 nitrogen and oxygen atoms in total. The number of carboxylic acids is 1. The molecule has 0 aromatic rings. The van der Waals surface area contributed by atoms with E-state index >= 15 is 0 Å². The zero-order valence-corrected chi connectivity index (χ0v) is 28.4. The summed E-state index contributed by atoms with van der Waals surface area (Å²) in [6.45, 7) is 0.663. The van der Waals surface area contributed by atoms with Crippen LogP contribution in [0, 0.1) is 0 Å². The van der Waals surface area contributed by atoms with Crippen LogP contribution >= 0.6 is 0 Å². The third-order valence-electron chi connectivity index (χ3n) is 4.92. The van der Waals surface area contributed by atoms with Crippen LogP contribution in [0.1, 0.15) is 13.3 Å². The van der Waals surface area contributed by atoms with Gasteiger partial charge >= 0.3 is 88.7 Å². The third kappa shape index (κ3) is 11.9. The van der Waals surface area contributed by atoms with Gasteiger partial charge in [0.25, 0.3) is 0 Å². The summed E-state index contributed by atoms with van der Waals surface area (Å²) in [4.78, 5) is 11.3. The average Bonchev–Trinajstić information content (AvgIpc) is 2.73. The molecule has 0 spiro atoms. The monoisotopic (exact) mass is 623 g/mol. The second-order valence-corrected chi connectivity index (χ2v) is 9.63. The number of ether oxygens (including phenoxy) is 4. The van der Waals surface area contributed by atoms with Gasteiger partial charge in [0.15, 0.2) is 29.0 Å². The Hall–Kier alpha value is 1.89. The van der Waals surface area contributed by atoms with Crippen molar-refractivity contribution < 1.29 is 168 Å². The summed E-state index contributed by atoms with van der Waals surface area (Å²) in [5, 5.41) is 51.6. The first kappa shape index (κ1) is 42.0. The van der Waals surface area contributed by atoms with Crippen molar-refractivity contribution in [3.63, 3.8) is 0 Å². The first-order valence-corrected chi connectivity index (χ1v) is 12.6. The summed E-state index contributed by atoms with van der Waals surface area (Å²) < 4.78 is 93.4. The fraction of sp³-hybridized carbons (Fsp3) is 0.933. The number of rotatable bonds is 11. The molecule has 38 heavy (non-hydrogen) atoms. The molecule has 0 bridgehead atoms. The Bertz CT molecular complexity index is 943. The summed E-state index contributed by atoms with van der Waals surface area (Å²) in [5.74, 6) is -2.10. The molecule has 2 fully saturated rings. The summed E-state index contributed by atoms with van der Waals surface area (Å²) in [7, 11) is -10.9. The molecule has 23 heteroatoms. The predicted octanol–water partition coefficient (Wildman–Crippen LogP) is -15.7. The smallest absolute Gasteiger partial charge is 0.735 e. The molecule has 0 saturated carbocycles. The van der Waals surface area contributed by atoms with Crippen LogP contribution in [-0.4, -0.2) is 127 Å². The summed E-state index contributed by atoms with van der Waals surface area (Å²) >= 11 is 0. The summed E-state index contributed by atoms with van der Waals surface area (Å²) in [6.07, 6.45) is -18.8. The minimum atomic E-state index is -5.62. The van der Waals surface area contributed by atoms with E-state index in [1.54, 1.807) is 6.92 Å². The zero-order chi connectivity index (χ0) is 26.7. The standard InChI is InChI=1S/C15H27NO17S2.3Na/c1-2-3-29-14-6(16-34(23,24)25)7(18)10(5(4-17)30-14)31-15-12(33-35(26,27)28)9(20)8(19)11(32-15)13(21)22;;;/h5-12,14-20H,2-4H2,1H3,(H,21,22)(H,23,24,25)(H,26,27,28);;;/q;3*+1/p-3/t5-,6-,7-,8+,9+,10-,11-,12-,14-,15-;;;/m1.../s1. The predicted molar refractivity (Wildman–Crippen MR) is 99.7 cm³/mol. The molecule has 0 aromatic heterocycles. The van der Waals surface area contributed by atoms with Gasteiger partial charge in [-0.05, 0) is 6.42 Å². The van der Waals surface area contributed by atoms with Gasteiger partial charge in [0.05, 0.1) is 12.6 Å². The Morgan fingerprint density at radius 2 is 1.53 bits per heavy atom. The van der Waals surface area contributed by atoms with Crippen LogP contribution in [0.5, 0.6) is 0 Å². The maximum Gasteiger partial charge on any atom is 1.00 e. The second-order valence-electron chi connectivity index (χ2n) is 7.48. The van der Waals surface area contributed by atoms with Crippen molar-refractivity contribution in [2.24, 2.45) is 0 Å². The molecule has 0 amide bonds. The fourth-order valence-electron chi connectivity index (χ4n) is 3.44. The van der Waals surface area contributed by atoms with Crippen LogP contribution in [0.3, 0.4) is 0 Å². The minimum Gasteiger partial charge on any atom is -0.735 e. The van der Waals surface area contributed by atoms with Crippen LogP contribution in [0.2, 0.25) is 0 Å². The molecule has 206 valence electrons. The molecular weight excluding hydrogens is 599 g/mol. The van der Waals surface area contributed by atoms with Crippen molar-refractivity contribution in [1.82, 2.24) is 4.72 Å². The van der Waals surface area contributed by atoms with E-state index in [0.29, 0.717) is 6.42 Å². The SMILES string of the molecule is CCCO[C@@H]1O[C@H](CO)[C@@H](O[C@@H]2O[C@@H](C(=O)[O-])[C@@H](O)[C@H](O)[C@H]2OS(=O)(=O)[O-])[C@H](O)[C@H]1NS(=O)(=O)[O-].[Na+].[Na+].[Na+]. The van der Waals surface area contributed by atoms with Crippen molar-refractivity contribution in [3.8, 4) is 0 Å². The Labute approximate surface area is 284 Å². The van der Waals surface area contributed by atoms with Crippen LogP contribution < -0.4 is 98.5 Å². The van der Waals surface area contributed by atoms with Crippen molar-refractivity contribution in [1.29, 1.82) is 0 Å². The van der Waals surface area contributed by atoms with E-state index in [2.05, 4.69) is 4.18 Å². The topological polar surface area (TPSA) is 294 Å². The minimum absolute atomic E-state index is 0. The summed E-state index contributed by atoms with van der Waals surface area (Å²) in [5.41, 5.74) is 0. The quantitative estimate of drug-likeness (QED) is 0.0810.